The van der Waals surface area contributed by atoms with Gasteiger partial charge in [-0.25, -0.2) is 5.43 Å². The smallest absolute Gasteiger partial charge is 0.329 e. The van der Waals surface area contributed by atoms with Crippen LogP contribution in [-0.4, -0.2) is 18.0 Å². The number of ether oxygens (including phenoxy) is 1. The zero-order chi connectivity index (χ0) is 21.3. The van der Waals surface area contributed by atoms with Crippen molar-refractivity contribution in [1.29, 1.82) is 0 Å². The summed E-state index contributed by atoms with van der Waals surface area (Å²) >= 11 is 11.7. The summed E-state index contributed by atoms with van der Waals surface area (Å²) in [5.74, 6) is -1.09. The van der Waals surface area contributed by atoms with Crippen LogP contribution in [0.2, 0.25) is 10.0 Å². The second-order valence-corrected chi connectivity index (χ2v) is 7.02. The van der Waals surface area contributed by atoms with Crippen LogP contribution in [0.25, 0.3) is 0 Å². The third-order valence-electron chi connectivity index (χ3n) is 3.86. The van der Waals surface area contributed by atoms with E-state index in [1.54, 1.807) is 54.6 Å². The topological polar surface area (TPSA) is 79.8 Å². The van der Waals surface area contributed by atoms with Gasteiger partial charge in [-0.3, -0.25) is 9.59 Å². The zero-order valence-electron chi connectivity index (χ0n) is 15.6. The SMILES string of the molecule is O=C(N/N=C/c1cccc(OCc2ccc(Cl)cc2)c1)C(=O)Nc1ccc(Cl)cc1. The molecule has 6 nitrogen and oxygen atoms in total. The van der Waals surface area contributed by atoms with Crippen molar-refractivity contribution in [2.24, 2.45) is 5.10 Å². The van der Waals surface area contributed by atoms with E-state index < -0.39 is 11.8 Å². The van der Waals surface area contributed by atoms with Crippen LogP contribution in [0.3, 0.4) is 0 Å². The fraction of sp³-hybridized carbons (Fsp3) is 0.0455. The minimum absolute atomic E-state index is 0.388. The molecule has 0 atom stereocenters. The van der Waals surface area contributed by atoms with Gasteiger partial charge in [0.05, 0.1) is 6.21 Å². The summed E-state index contributed by atoms with van der Waals surface area (Å²) in [7, 11) is 0. The molecule has 0 aliphatic carbocycles. The third kappa shape index (κ3) is 6.62. The van der Waals surface area contributed by atoms with Crippen molar-refractivity contribution < 1.29 is 14.3 Å². The first-order valence-electron chi connectivity index (χ1n) is 8.87. The highest BCUT2D eigenvalue weighted by Gasteiger charge is 2.12. The Hall–Kier alpha value is -3.35. The second kappa shape index (κ2) is 10.4. The zero-order valence-corrected chi connectivity index (χ0v) is 17.2. The molecular weight excluding hydrogens is 425 g/mol. The molecule has 0 fully saturated rings. The number of hydrazone groups is 1. The van der Waals surface area contributed by atoms with Crippen molar-refractivity contribution in [3.63, 3.8) is 0 Å². The largest absolute Gasteiger partial charge is 0.489 e. The molecule has 0 bridgehead atoms. The van der Waals surface area contributed by atoms with E-state index in [2.05, 4.69) is 15.8 Å². The Bertz CT molecular complexity index is 1050. The number of hydrogen-bond donors (Lipinski definition) is 2. The van der Waals surface area contributed by atoms with Crippen LogP contribution in [-0.2, 0) is 16.2 Å². The molecule has 0 saturated heterocycles. The summed E-state index contributed by atoms with van der Waals surface area (Å²) in [6.07, 6.45) is 1.42. The van der Waals surface area contributed by atoms with E-state index in [0.29, 0.717) is 33.7 Å². The summed E-state index contributed by atoms with van der Waals surface area (Å²) in [6.45, 7) is 0.388. The van der Waals surface area contributed by atoms with Gasteiger partial charge in [-0.1, -0.05) is 47.5 Å². The van der Waals surface area contributed by atoms with Gasteiger partial charge in [0.15, 0.2) is 0 Å². The Morgan fingerprint density at radius 3 is 2.27 bits per heavy atom. The third-order valence-corrected chi connectivity index (χ3v) is 4.37. The number of carbonyl (C=O) groups is 2. The lowest BCUT2D eigenvalue weighted by atomic mass is 10.2. The molecule has 0 aliphatic heterocycles. The number of nitrogens with one attached hydrogen (secondary N) is 2. The van der Waals surface area contributed by atoms with Gasteiger partial charge in [0.1, 0.15) is 12.4 Å². The fourth-order valence-electron chi connectivity index (χ4n) is 2.37. The van der Waals surface area contributed by atoms with E-state index in [1.165, 1.54) is 6.21 Å². The summed E-state index contributed by atoms with van der Waals surface area (Å²) in [4.78, 5) is 23.7. The van der Waals surface area contributed by atoms with Crippen molar-refractivity contribution in [3.05, 3.63) is 94.0 Å². The Kier molecular flexibility index (Phi) is 7.43. The van der Waals surface area contributed by atoms with Gasteiger partial charge in [-0.15, -0.1) is 0 Å². The van der Waals surface area contributed by atoms with Crippen molar-refractivity contribution >= 4 is 46.9 Å². The second-order valence-electron chi connectivity index (χ2n) is 6.15. The molecule has 0 spiro atoms. The van der Waals surface area contributed by atoms with Gasteiger partial charge >= 0.3 is 11.8 Å². The molecule has 0 aromatic heterocycles. The first-order valence-corrected chi connectivity index (χ1v) is 9.62. The molecule has 3 aromatic rings. The van der Waals surface area contributed by atoms with Crippen LogP contribution in [0.1, 0.15) is 11.1 Å². The molecule has 2 amide bonds. The Morgan fingerprint density at radius 2 is 1.57 bits per heavy atom. The maximum Gasteiger partial charge on any atom is 0.329 e. The average Bonchev–Trinajstić information content (AvgIpc) is 2.75. The van der Waals surface area contributed by atoms with E-state index in [4.69, 9.17) is 27.9 Å². The number of halogens is 2. The van der Waals surface area contributed by atoms with Crippen LogP contribution in [0.5, 0.6) is 5.75 Å². The number of amides is 2. The van der Waals surface area contributed by atoms with Gasteiger partial charge in [0.25, 0.3) is 0 Å². The van der Waals surface area contributed by atoms with E-state index in [0.717, 1.165) is 5.56 Å². The fourth-order valence-corrected chi connectivity index (χ4v) is 2.62. The van der Waals surface area contributed by atoms with Gasteiger partial charge in [0.2, 0.25) is 0 Å². The molecule has 8 heteroatoms. The monoisotopic (exact) mass is 441 g/mol. The molecule has 0 radical (unpaired) electrons. The molecule has 152 valence electrons. The van der Waals surface area contributed by atoms with Gasteiger partial charge in [-0.05, 0) is 59.7 Å². The van der Waals surface area contributed by atoms with Crippen LogP contribution in [0, 0.1) is 0 Å². The maximum absolute atomic E-state index is 11.9. The number of rotatable bonds is 6. The molecule has 30 heavy (non-hydrogen) atoms. The summed E-state index contributed by atoms with van der Waals surface area (Å²) in [5.41, 5.74) is 4.32. The lowest BCUT2D eigenvalue weighted by molar-refractivity contribution is -0.136. The lowest BCUT2D eigenvalue weighted by Gasteiger charge is -2.07. The molecular formula is C22H17Cl2N3O3. The van der Waals surface area contributed by atoms with E-state index in [9.17, 15) is 9.59 Å². The van der Waals surface area contributed by atoms with Crippen LogP contribution in [0.4, 0.5) is 5.69 Å². The highest BCUT2D eigenvalue weighted by molar-refractivity contribution is 6.39. The first kappa shape index (κ1) is 21.4. The normalized spacial score (nSPS) is 10.6. The average molecular weight is 442 g/mol. The van der Waals surface area contributed by atoms with Crippen molar-refractivity contribution in [2.75, 3.05) is 5.32 Å². The van der Waals surface area contributed by atoms with Crippen LogP contribution < -0.4 is 15.5 Å². The number of carbonyl (C=O) groups excluding carboxylic acids is 2. The van der Waals surface area contributed by atoms with Crippen molar-refractivity contribution in [1.82, 2.24) is 5.43 Å². The minimum Gasteiger partial charge on any atom is -0.489 e. The van der Waals surface area contributed by atoms with Crippen molar-refractivity contribution in [3.8, 4) is 5.75 Å². The quantitative estimate of drug-likeness (QED) is 0.331. The van der Waals surface area contributed by atoms with E-state index in [-0.39, 0.29) is 0 Å². The first-order chi connectivity index (χ1) is 14.5. The maximum atomic E-state index is 11.9. The lowest BCUT2D eigenvalue weighted by Crippen LogP contribution is -2.32. The standard InChI is InChI=1S/C22H17Cl2N3O3/c23-17-6-4-15(5-7-17)14-30-20-3-1-2-16(12-20)13-25-27-22(29)21(28)26-19-10-8-18(24)9-11-19/h1-13H,14H2,(H,26,28)(H,27,29)/b25-13+. The number of anilines is 1. The molecule has 3 rings (SSSR count). The van der Waals surface area contributed by atoms with Crippen molar-refractivity contribution in [2.45, 2.75) is 6.61 Å². The predicted octanol–water partition coefficient (Wildman–Crippen LogP) is 4.66. The molecule has 0 saturated carbocycles. The van der Waals surface area contributed by atoms with Crippen LogP contribution in [0.15, 0.2) is 77.9 Å². The molecule has 3 aromatic carbocycles. The number of nitrogens with zero attached hydrogens (tertiary/aromatic N) is 1. The minimum atomic E-state index is -0.892. The Labute approximate surface area is 183 Å². The van der Waals surface area contributed by atoms with Gasteiger partial charge in [-0.2, -0.15) is 5.10 Å². The van der Waals surface area contributed by atoms with Gasteiger partial charge < -0.3 is 10.1 Å². The highest BCUT2D eigenvalue weighted by Crippen LogP contribution is 2.16. The summed E-state index contributed by atoms with van der Waals surface area (Å²) in [6, 6.07) is 20.9. The molecule has 0 unspecified atom stereocenters. The summed E-state index contributed by atoms with van der Waals surface area (Å²) in [5, 5.41) is 7.46. The van der Waals surface area contributed by atoms with E-state index >= 15 is 0 Å². The molecule has 2 N–H and O–H groups in total. The van der Waals surface area contributed by atoms with E-state index in [1.807, 2.05) is 18.2 Å². The number of benzene rings is 3. The van der Waals surface area contributed by atoms with Crippen LogP contribution >= 0.6 is 23.2 Å². The van der Waals surface area contributed by atoms with Gasteiger partial charge in [0, 0.05) is 15.7 Å². The highest BCUT2D eigenvalue weighted by atomic mass is 35.5. The molecule has 0 heterocycles. The molecule has 0 aliphatic rings. The Morgan fingerprint density at radius 1 is 0.900 bits per heavy atom. The Balaban J connectivity index is 1.51. The number of hydrogen-bond acceptors (Lipinski definition) is 4. The summed E-state index contributed by atoms with van der Waals surface area (Å²) < 4.78 is 5.75. The predicted molar refractivity (Wildman–Crippen MR) is 118 cm³/mol.